The first kappa shape index (κ1) is 19.2. The molecular weight excluding hydrogens is 367 g/mol. The van der Waals surface area contributed by atoms with E-state index in [4.69, 9.17) is 4.52 Å². The summed E-state index contributed by atoms with van der Waals surface area (Å²) in [5.41, 5.74) is 0.874. The van der Waals surface area contributed by atoms with Crippen molar-refractivity contribution < 1.29 is 4.52 Å². The molecule has 1 unspecified atom stereocenters. The Kier molecular flexibility index (Phi) is 11.5. The van der Waals surface area contributed by atoms with Gasteiger partial charge in [0.1, 0.15) is 12.0 Å². The van der Waals surface area contributed by atoms with Gasteiger partial charge in [-0.05, 0) is 13.3 Å². The van der Waals surface area contributed by atoms with Crippen LogP contribution in [0.2, 0.25) is 0 Å². The fraction of sp³-hybridized carbons (Fsp3) is 0.714. The van der Waals surface area contributed by atoms with Crippen LogP contribution in [-0.2, 0) is 6.54 Å². The Labute approximate surface area is 139 Å². The van der Waals surface area contributed by atoms with Gasteiger partial charge in [0.2, 0.25) is 0 Å². The van der Waals surface area contributed by atoms with E-state index in [1.807, 2.05) is 6.07 Å². The average molecular weight is 394 g/mol. The summed E-state index contributed by atoms with van der Waals surface area (Å²) in [7, 11) is 1.78. The second-order valence-corrected chi connectivity index (χ2v) is 4.81. The van der Waals surface area contributed by atoms with E-state index in [1.54, 1.807) is 13.3 Å². The summed E-state index contributed by atoms with van der Waals surface area (Å²) in [4.78, 5) is 4.21. The van der Waals surface area contributed by atoms with E-state index in [0.717, 1.165) is 11.7 Å². The summed E-state index contributed by atoms with van der Waals surface area (Å²) in [6.07, 6.45) is 7.93. The molecule has 1 atom stereocenters. The number of hydrogen-bond donors (Lipinski definition) is 2. The van der Waals surface area contributed by atoms with Crippen molar-refractivity contribution in [2.75, 3.05) is 7.05 Å². The third-order valence-corrected chi connectivity index (χ3v) is 3.03. The van der Waals surface area contributed by atoms with Gasteiger partial charge in [0.05, 0.1) is 6.54 Å². The van der Waals surface area contributed by atoms with E-state index < -0.39 is 0 Å². The van der Waals surface area contributed by atoms with Crippen LogP contribution in [0.15, 0.2) is 21.8 Å². The van der Waals surface area contributed by atoms with Crippen LogP contribution in [0.1, 0.15) is 51.6 Å². The minimum absolute atomic E-state index is 0. The molecule has 0 aliphatic rings. The second-order valence-electron chi connectivity index (χ2n) is 4.81. The molecule has 6 heteroatoms. The lowest BCUT2D eigenvalue weighted by molar-refractivity contribution is 0.410. The molecule has 0 amide bonds. The van der Waals surface area contributed by atoms with E-state index in [1.165, 1.54) is 32.1 Å². The van der Waals surface area contributed by atoms with Crippen LogP contribution in [0.4, 0.5) is 0 Å². The molecule has 0 saturated heterocycles. The van der Waals surface area contributed by atoms with Crippen molar-refractivity contribution in [3.05, 3.63) is 18.0 Å². The molecular formula is C14H27IN4O. The Morgan fingerprint density at radius 2 is 2.20 bits per heavy atom. The predicted molar refractivity (Wildman–Crippen MR) is 93.5 cm³/mol. The minimum Gasteiger partial charge on any atom is -0.364 e. The highest BCUT2D eigenvalue weighted by Crippen LogP contribution is 2.05. The Balaban J connectivity index is 0.00000361. The molecule has 1 aromatic heterocycles. The van der Waals surface area contributed by atoms with Crippen molar-refractivity contribution in [2.45, 2.75) is 58.5 Å². The fourth-order valence-corrected chi connectivity index (χ4v) is 1.88. The quantitative estimate of drug-likeness (QED) is 0.307. The first-order valence-electron chi connectivity index (χ1n) is 7.12. The van der Waals surface area contributed by atoms with Gasteiger partial charge in [0.25, 0.3) is 0 Å². The van der Waals surface area contributed by atoms with Gasteiger partial charge in [-0.3, -0.25) is 4.99 Å². The second kappa shape index (κ2) is 12.0. The van der Waals surface area contributed by atoms with E-state index in [-0.39, 0.29) is 24.0 Å². The zero-order valence-electron chi connectivity index (χ0n) is 12.7. The normalized spacial score (nSPS) is 12.7. The van der Waals surface area contributed by atoms with Gasteiger partial charge >= 0.3 is 0 Å². The number of hydrogen-bond acceptors (Lipinski definition) is 3. The zero-order chi connectivity index (χ0) is 13.9. The number of guanidine groups is 1. The first-order valence-corrected chi connectivity index (χ1v) is 7.12. The molecule has 116 valence electrons. The van der Waals surface area contributed by atoms with E-state index >= 15 is 0 Å². The van der Waals surface area contributed by atoms with Crippen LogP contribution in [-0.4, -0.2) is 24.2 Å². The van der Waals surface area contributed by atoms with E-state index in [9.17, 15) is 0 Å². The lowest BCUT2D eigenvalue weighted by Gasteiger charge is -2.17. The van der Waals surface area contributed by atoms with Crippen LogP contribution >= 0.6 is 24.0 Å². The molecule has 0 radical (unpaired) electrons. The maximum Gasteiger partial charge on any atom is 0.191 e. The van der Waals surface area contributed by atoms with E-state index in [2.05, 4.69) is 34.6 Å². The Morgan fingerprint density at radius 3 is 2.80 bits per heavy atom. The van der Waals surface area contributed by atoms with Crippen LogP contribution < -0.4 is 10.6 Å². The number of aromatic nitrogens is 1. The third kappa shape index (κ3) is 8.39. The van der Waals surface area contributed by atoms with Crippen LogP contribution in [0.25, 0.3) is 0 Å². The highest BCUT2D eigenvalue weighted by Gasteiger charge is 2.05. The molecule has 0 aromatic carbocycles. The molecule has 0 fully saturated rings. The molecule has 2 N–H and O–H groups in total. The number of nitrogens with one attached hydrogen (secondary N) is 2. The smallest absolute Gasteiger partial charge is 0.191 e. The lowest BCUT2D eigenvalue weighted by Crippen LogP contribution is -2.41. The van der Waals surface area contributed by atoms with Gasteiger partial charge in [0.15, 0.2) is 5.96 Å². The Morgan fingerprint density at radius 1 is 1.40 bits per heavy atom. The SMILES string of the molecule is CCCCCCC(C)NC(=NC)NCc1ccon1.I. The molecule has 5 nitrogen and oxygen atoms in total. The van der Waals surface area contributed by atoms with Crippen molar-refractivity contribution >= 4 is 29.9 Å². The minimum atomic E-state index is 0. The van der Waals surface area contributed by atoms with Crippen molar-refractivity contribution in [2.24, 2.45) is 4.99 Å². The van der Waals surface area contributed by atoms with Crippen molar-refractivity contribution in [3.8, 4) is 0 Å². The monoisotopic (exact) mass is 394 g/mol. The summed E-state index contributed by atoms with van der Waals surface area (Å²) < 4.78 is 4.79. The highest BCUT2D eigenvalue weighted by atomic mass is 127. The Hall–Kier alpha value is -0.790. The summed E-state index contributed by atoms with van der Waals surface area (Å²) in [6, 6.07) is 2.27. The molecule has 0 spiro atoms. The van der Waals surface area contributed by atoms with Gasteiger partial charge in [-0.1, -0.05) is 37.8 Å². The fourth-order valence-electron chi connectivity index (χ4n) is 1.88. The van der Waals surface area contributed by atoms with Crippen molar-refractivity contribution in [1.82, 2.24) is 15.8 Å². The Bertz CT molecular complexity index is 354. The van der Waals surface area contributed by atoms with Gasteiger partial charge in [-0.15, -0.1) is 24.0 Å². The van der Waals surface area contributed by atoms with Crippen molar-refractivity contribution in [1.29, 1.82) is 0 Å². The van der Waals surface area contributed by atoms with Crippen molar-refractivity contribution in [3.63, 3.8) is 0 Å². The van der Waals surface area contributed by atoms with Crippen LogP contribution in [0.5, 0.6) is 0 Å². The average Bonchev–Trinajstić information content (AvgIpc) is 2.92. The van der Waals surface area contributed by atoms with Crippen LogP contribution in [0.3, 0.4) is 0 Å². The molecule has 1 rings (SSSR count). The molecule has 20 heavy (non-hydrogen) atoms. The standard InChI is InChI=1S/C14H26N4O.HI/c1-4-5-6-7-8-12(2)17-14(15-3)16-11-13-9-10-19-18-13;/h9-10,12H,4-8,11H2,1-3H3,(H2,15,16,17);1H. The number of aliphatic imine (C=N–C) groups is 1. The maximum absolute atomic E-state index is 4.79. The number of unbranched alkanes of at least 4 members (excludes halogenated alkanes) is 3. The highest BCUT2D eigenvalue weighted by molar-refractivity contribution is 14.0. The summed E-state index contributed by atoms with van der Waals surface area (Å²) in [5, 5.41) is 10.5. The zero-order valence-corrected chi connectivity index (χ0v) is 15.0. The third-order valence-electron chi connectivity index (χ3n) is 3.03. The van der Waals surface area contributed by atoms with E-state index in [0.29, 0.717) is 12.6 Å². The van der Waals surface area contributed by atoms with Crippen LogP contribution in [0, 0.1) is 0 Å². The predicted octanol–water partition coefficient (Wildman–Crippen LogP) is 3.32. The molecule has 0 saturated carbocycles. The van der Waals surface area contributed by atoms with Gasteiger partial charge in [-0.25, -0.2) is 0 Å². The van der Waals surface area contributed by atoms with Gasteiger partial charge in [0, 0.05) is 19.2 Å². The summed E-state index contributed by atoms with van der Waals surface area (Å²) in [5.74, 6) is 0.811. The lowest BCUT2D eigenvalue weighted by atomic mass is 10.1. The molecule has 0 aliphatic carbocycles. The van der Waals surface area contributed by atoms with Gasteiger partial charge < -0.3 is 15.2 Å². The molecule has 0 bridgehead atoms. The van der Waals surface area contributed by atoms with Gasteiger partial charge in [-0.2, -0.15) is 0 Å². The molecule has 1 heterocycles. The maximum atomic E-state index is 4.79. The topological polar surface area (TPSA) is 62.5 Å². The molecule has 1 aromatic rings. The number of nitrogens with zero attached hydrogens (tertiary/aromatic N) is 2. The largest absolute Gasteiger partial charge is 0.364 e. The molecule has 0 aliphatic heterocycles. The summed E-state index contributed by atoms with van der Waals surface area (Å²) >= 11 is 0. The number of halogens is 1. The first-order chi connectivity index (χ1) is 9.26. The number of rotatable bonds is 8. The summed E-state index contributed by atoms with van der Waals surface area (Å²) in [6.45, 7) is 5.05.